The molecule has 1 aromatic carbocycles. The first-order valence-corrected chi connectivity index (χ1v) is 6.66. The number of hydrogen-bond acceptors (Lipinski definition) is 4. The number of nitrogens with two attached hydrogens (primary N) is 2. The van der Waals surface area contributed by atoms with Gasteiger partial charge in [0.2, 0.25) is 5.91 Å². The first kappa shape index (κ1) is 14.0. The van der Waals surface area contributed by atoms with Crippen LogP contribution in [0.15, 0.2) is 18.2 Å². The van der Waals surface area contributed by atoms with E-state index in [-0.39, 0.29) is 11.9 Å². The number of likely N-dealkylation sites (N-methyl/N-ethyl adjacent to an activating group) is 1. The van der Waals surface area contributed by atoms with E-state index in [1.807, 2.05) is 13.1 Å². The van der Waals surface area contributed by atoms with Crippen LogP contribution in [-0.4, -0.2) is 38.6 Å². The summed E-state index contributed by atoms with van der Waals surface area (Å²) in [5.74, 6) is 0.166. The summed E-state index contributed by atoms with van der Waals surface area (Å²) in [6.07, 6.45) is 1.45. The average molecular weight is 262 g/mol. The van der Waals surface area contributed by atoms with E-state index in [2.05, 4.69) is 17.4 Å². The highest BCUT2D eigenvalue weighted by Gasteiger charge is 2.23. The molecule has 5 nitrogen and oxygen atoms in total. The molecule has 0 aromatic heterocycles. The van der Waals surface area contributed by atoms with Crippen LogP contribution < -0.4 is 21.7 Å². The molecule has 0 bridgehead atoms. The Hall–Kier alpha value is -1.43. The Bertz CT molecular complexity index is 461. The van der Waals surface area contributed by atoms with Crippen molar-refractivity contribution in [3.63, 3.8) is 0 Å². The third-order valence-electron chi connectivity index (χ3n) is 3.52. The highest BCUT2D eigenvalue weighted by molar-refractivity contribution is 6.00. The number of benzene rings is 1. The Balaban J connectivity index is 1.86. The van der Waals surface area contributed by atoms with E-state index < -0.39 is 0 Å². The Morgan fingerprint density at radius 3 is 3.00 bits per heavy atom. The van der Waals surface area contributed by atoms with E-state index in [4.69, 9.17) is 11.5 Å². The van der Waals surface area contributed by atoms with Crippen LogP contribution in [0.5, 0.6) is 0 Å². The molecular formula is C14H22N4O. The van der Waals surface area contributed by atoms with Crippen LogP contribution in [0.4, 0.5) is 5.69 Å². The molecule has 104 valence electrons. The largest absolute Gasteiger partial charge is 0.329 e. The molecule has 2 rings (SSSR count). The predicted octanol–water partition coefficient (Wildman–Crippen LogP) is -0.376. The van der Waals surface area contributed by atoms with E-state index in [1.165, 1.54) is 5.56 Å². The number of hydrogen-bond donors (Lipinski definition) is 3. The quantitative estimate of drug-likeness (QED) is 0.610. The third kappa shape index (κ3) is 3.32. The number of carbonyl (C=O) groups excluding carboxylic acids is 1. The van der Waals surface area contributed by atoms with Gasteiger partial charge in [0.25, 0.3) is 0 Å². The summed E-state index contributed by atoms with van der Waals surface area (Å²) in [7, 11) is 1.82. The second-order valence-corrected chi connectivity index (χ2v) is 5.04. The fraction of sp³-hybridized carbons (Fsp3) is 0.500. The maximum Gasteiger partial charge on any atom is 0.231 e. The summed E-state index contributed by atoms with van der Waals surface area (Å²) < 4.78 is 0. The van der Waals surface area contributed by atoms with Crippen molar-refractivity contribution in [1.29, 1.82) is 0 Å². The highest BCUT2D eigenvalue weighted by Crippen LogP contribution is 2.28. The van der Waals surface area contributed by atoms with Gasteiger partial charge in [-0.1, -0.05) is 12.1 Å². The molecule has 0 saturated heterocycles. The van der Waals surface area contributed by atoms with E-state index in [0.717, 1.165) is 30.8 Å². The Morgan fingerprint density at radius 1 is 1.47 bits per heavy atom. The van der Waals surface area contributed by atoms with Crippen LogP contribution in [0.2, 0.25) is 0 Å². The Kier molecular flexibility index (Phi) is 4.52. The van der Waals surface area contributed by atoms with Gasteiger partial charge in [-0.15, -0.1) is 0 Å². The molecule has 1 aliphatic rings. The van der Waals surface area contributed by atoms with Crippen molar-refractivity contribution in [3.8, 4) is 0 Å². The number of rotatable bonds is 6. The molecular weight excluding hydrogens is 240 g/mol. The molecule has 5 N–H and O–H groups in total. The van der Waals surface area contributed by atoms with Gasteiger partial charge in [-0.3, -0.25) is 4.79 Å². The van der Waals surface area contributed by atoms with E-state index in [1.54, 1.807) is 4.90 Å². The van der Waals surface area contributed by atoms with Crippen LogP contribution in [0, 0.1) is 0 Å². The number of nitrogens with zero attached hydrogens (tertiary/aromatic N) is 1. The molecule has 1 heterocycles. The molecule has 5 heteroatoms. The lowest BCUT2D eigenvalue weighted by Gasteiger charge is -2.12. The zero-order valence-electron chi connectivity index (χ0n) is 11.4. The first-order valence-electron chi connectivity index (χ1n) is 6.66. The van der Waals surface area contributed by atoms with Crippen LogP contribution in [0.3, 0.4) is 0 Å². The molecule has 0 saturated carbocycles. The molecule has 0 radical (unpaired) electrons. The number of carbonyl (C=O) groups is 1. The molecule has 1 aromatic rings. The van der Waals surface area contributed by atoms with Crippen molar-refractivity contribution in [3.05, 3.63) is 29.3 Å². The monoisotopic (exact) mass is 262 g/mol. The smallest absolute Gasteiger partial charge is 0.231 e. The van der Waals surface area contributed by atoms with Gasteiger partial charge >= 0.3 is 0 Å². The van der Waals surface area contributed by atoms with Crippen molar-refractivity contribution in [2.75, 3.05) is 31.6 Å². The maximum atomic E-state index is 11.6. The summed E-state index contributed by atoms with van der Waals surface area (Å²) in [5.41, 5.74) is 14.6. The number of amides is 1. The van der Waals surface area contributed by atoms with Gasteiger partial charge in [0, 0.05) is 31.9 Å². The first-order chi connectivity index (χ1) is 9.11. The number of anilines is 1. The Morgan fingerprint density at radius 2 is 2.26 bits per heavy atom. The van der Waals surface area contributed by atoms with Gasteiger partial charge in [0.1, 0.15) is 0 Å². The minimum Gasteiger partial charge on any atom is -0.329 e. The molecule has 1 amide bonds. The Labute approximate surface area is 113 Å². The fourth-order valence-electron chi connectivity index (χ4n) is 2.28. The van der Waals surface area contributed by atoms with Crippen LogP contribution in [-0.2, 0) is 17.6 Å². The average Bonchev–Trinajstić information content (AvgIpc) is 2.69. The van der Waals surface area contributed by atoms with Crippen molar-refractivity contribution in [2.24, 2.45) is 11.5 Å². The van der Waals surface area contributed by atoms with Gasteiger partial charge < -0.3 is 21.7 Å². The summed E-state index contributed by atoms with van der Waals surface area (Å²) in [5, 5.41) is 3.29. The molecule has 1 atom stereocenters. The van der Waals surface area contributed by atoms with E-state index in [9.17, 15) is 4.79 Å². The summed E-state index contributed by atoms with van der Waals surface area (Å²) >= 11 is 0. The van der Waals surface area contributed by atoms with Gasteiger partial charge in [-0.05, 0) is 30.2 Å². The summed E-state index contributed by atoms with van der Waals surface area (Å²) in [4.78, 5) is 13.3. The van der Waals surface area contributed by atoms with E-state index in [0.29, 0.717) is 13.0 Å². The SMILES string of the molecule is CN1C(=O)Cc2cc(CCNCC(N)CN)ccc21. The van der Waals surface area contributed by atoms with Crippen molar-refractivity contribution < 1.29 is 4.79 Å². The van der Waals surface area contributed by atoms with Gasteiger partial charge in [-0.25, -0.2) is 0 Å². The lowest BCUT2D eigenvalue weighted by molar-refractivity contribution is -0.117. The standard InChI is InChI=1S/C14H22N4O/c1-18-13-3-2-10(6-11(13)7-14(18)19)4-5-17-9-12(16)8-15/h2-3,6,12,17H,4-5,7-9,15-16H2,1H3. The van der Waals surface area contributed by atoms with Gasteiger partial charge in [0.05, 0.1) is 6.42 Å². The number of fused-ring (bicyclic) bond motifs is 1. The minimum atomic E-state index is 0.0197. The lowest BCUT2D eigenvalue weighted by atomic mass is 10.1. The zero-order chi connectivity index (χ0) is 13.8. The predicted molar refractivity (Wildman–Crippen MR) is 77.2 cm³/mol. The van der Waals surface area contributed by atoms with Gasteiger partial charge in [0.15, 0.2) is 0 Å². The number of nitrogens with one attached hydrogen (secondary N) is 1. The summed E-state index contributed by atoms with van der Waals surface area (Å²) in [6.45, 7) is 2.11. The lowest BCUT2D eigenvalue weighted by Crippen LogP contribution is -2.40. The van der Waals surface area contributed by atoms with Crippen molar-refractivity contribution in [1.82, 2.24) is 5.32 Å². The van der Waals surface area contributed by atoms with Gasteiger partial charge in [-0.2, -0.15) is 0 Å². The molecule has 0 spiro atoms. The topological polar surface area (TPSA) is 84.4 Å². The second-order valence-electron chi connectivity index (χ2n) is 5.04. The summed E-state index contributed by atoms with van der Waals surface area (Å²) in [6, 6.07) is 6.26. The van der Waals surface area contributed by atoms with Crippen LogP contribution in [0.25, 0.3) is 0 Å². The molecule has 1 aliphatic heterocycles. The second kappa shape index (κ2) is 6.14. The fourth-order valence-corrected chi connectivity index (χ4v) is 2.28. The van der Waals surface area contributed by atoms with Crippen LogP contribution >= 0.6 is 0 Å². The highest BCUT2D eigenvalue weighted by atomic mass is 16.2. The molecule has 0 aliphatic carbocycles. The molecule has 1 unspecified atom stereocenters. The molecule has 19 heavy (non-hydrogen) atoms. The van der Waals surface area contributed by atoms with Crippen LogP contribution in [0.1, 0.15) is 11.1 Å². The van der Waals surface area contributed by atoms with E-state index >= 15 is 0 Å². The zero-order valence-corrected chi connectivity index (χ0v) is 11.4. The van der Waals surface area contributed by atoms with Crippen molar-refractivity contribution >= 4 is 11.6 Å². The third-order valence-corrected chi connectivity index (χ3v) is 3.52. The normalized spacial score (nSPS) is 15.7. The minimum absolute atomic E-state index is 0.0197. The maximum absolute atomic E-state index is 11.6. The molecule has 0 fully saturated rings. The van der Waals surface area contributed by atoms with Crippen molar-refractivity contribution in [2.45, 2.75) is 18.9 Å².